The molecule has 1 unspecified atom stereocenters. The van der Waals surface area contributed by atoms with E-state index in [9.17, 15) is 15.0 Å². The average Bonchev–Trinajstić information content (AvgIpc) is 3.30. The number of rotatable bonds is 5. The molecule has 1 atom stereocenters. The lowest BCUT2D eigenvalue weighted by Crippen LogP contribution is -2.34. The Labute approximate surface area is 194 Å². The first-order valence-electron chi connectivity index (χ1n) is 10.2. The lowest BCUT2D eigenvalue weighted by atomic mass is 9.94. The summed E-state index contributed by atoms with van der Waals surface area (Å²) in [5, 5.41) is 22.4. The molecule has 0 saturated heterocycles. The lowest BCUT2D eigenvalue weighted by Gasteiger charge is -2.31. The van der Waals surface area contributed by atoms with E-state index in [2.05, 4.69) is 4.98 Å². The Morgan fingerprint density at radius 3 is 2.64 bits per heavy atom. The monoisotopic (exact) mass is 462 g/mol. The van der Waals surface area contributed by atoms with Gasteiger partial charge in [-0.25, -0.2) is 4.79 Å². The summed E-state index contributed by atoms with van der Waals surface area (Å²) in [5.41, 5.74) is 2.02. The molecule has 2 heterocycles. The van der Waals surface area contributed by atoms with Crippen LogP contribution in [0.25, 0.3) is 10.9 Å². The fraction of sp³-hybridized carbons (Fsp3) is 0.120. The molecule has 8 heteroatoms. The summed E-state index contributed by atoms with van der Waals surface area (Å²) in [4.78, 5) is 18.1. The van der Waals surface area contributed by atoms with Crippen molar-refractivity contribution in [1.29, 1.82) is 0 Å². The molecule has 0 fully saturated rings. The zero-order valence-corrected chi connectivity index (χ0v) is 18.1. The Balaban J connectivity index is 1.71. The summed E-state index contributed by atoms with van der Waals surface area (Å²) in [7, 11) is 0. The van der Waals surface area contributed by atoms with E-state index in [1.807, 2.05) is 30.3 Å². The van der Waals surface area contributed by atoms with Crippen LogP contribution in [0.3, 0.4) is 0 Å². The van der Waals surface area contributed by atoms with Gasteiger partial charge in [0.2, 0.25) is 6.79 Å². The van der Waals surface area contributed by atoms with Crippen LogP contribution in [0.5, 0.6) is 17.2 Å². The van der Waals surface area contributed by atoms with Gasteiger partial charge in [-0.05, 0) is 41.5 Å². The van der Waals surface area contributed by atoms with Gasteiger partial charge in [0.1, 0.15) is 11.3 Å². The van der Waals surface area contributed by atoms with Crippen molar-refractivity contribution < 1.29 is 24.5 Å². The minimum absolute atomic E-state index is 0.0899. The highest BCUT2D eigenvalue weighted by Crippen LogP contribution is 2.43. The van der Waals surface area contributed by atoms with Crippen LogP contribution in [-0.2, 0) is 6.54 Å². The number of fused-ring (bicyclic) bond motifs is 2. The van der Waals surface area contributed by atoms with E-state index in [4.69, 9.17) is 21.1 Å². The van der Waals surface area contributed by atoms with Gasteiger partial charge >= 0.3 is 6.09 Å². The molecule has 5 rings (SSSR count). The van der Waals surface area contributed by atoms with Crippen LogP contribution in [0.4, 0.5) is 4.79 Å². The van der Waals surface area contributed by atoms with Gasteiger partial charge in [0.05, 0.1) is 11.1 Å². The number of carbonyl (C=O) groups is 1. The summed E-state index contributed by atoms with van der Waals surface area (Å²) in [6, 6.07) is 18.7. The van der Waals surface area contributed by atoms with Gasteiger partial charge in [-0.3, -0.25) is 9.88 Å². The first-order valence-corrected chi connectivity index (χ1v) is 10.6. The molecule has 1 aromatic heterocycles. The van der Waals surface area contributed by atoms with Gasteiger partial charge < -0.3 is 19.7 Å². The highest BCUT2D eigenvalue weighted by atomic mass is 35.5. The molecular formula is C25H19ClN2O5. The highest BCUT2D eigenvalue weighted by molar-refractivity contribution is 6.35. The van der Waals surface area contributed by atoms with Crippen LogP contribution in [-0.4, -0.2) is 33.0 Å². The first kappa shape index (κ1) is 20.9. The van der Waals surface area contributed by atoms with Gasteiger partial charge in [0.15, 0.2) is 11.5 Å². The number of hydrogen-bond donors (Lipinski definition) is 2. The van der Waals surface area contributed by atoms with Crippen LogP contribution < -0.4 is 9.47 Å². The van der Waals surface area contributed by atoms with Gasteiger partial charge in [0.25, 0.3) is 0 Å². The molecule has 33 heavy (non-hydrogen) atoms. The van der Waals surface area contributed by atoms with Crippen molar-refractivity contribution >= 4 is 28.6 Å². The number of phenolic OH excluding ortho intramolecular Hbond substituents is 1. The summed E-state index contributed by atoms with van der Waals surface area (Å²) >= 11 is 6.54. The van der Waals surface area contributed by atoms with Crippen molar-refractivity contribution in [2.75, 3.05) is 6.79 Å². The van der Waals surface area contributed by atoms with Crippen molar-refractivity contribution in [2.24, 2.45) is 0 Å². The standard InChI is InChI=1S/C25H19ClN2O5/c26-19-12-18(24(29)22-17(19)7-4-10-27-22)23(16-8-9-20-21(11-16)33-14-32-20)28(25(30)31)13-15-5-2-1-3-6-15/h1-12,23,29H,13-14H2,(H,30,31). The second-order valence-corrected chi connectivity index (χ2v) is 8.01. The van der Waals surface area contributed by atoms with Crippen LogP contribution in [0.1, 0.15) is 22.7 Å². The smallest absolute Gasteiger partial charge is 0.408 e. The maximum absolute atomic E-state index is 12.5. The number of hydrogen-bond acceptors (Lipinski definition) is 5. The normalized spacial score (nSPS) is 13.1. The maximum Gasteiger partial charge on any atom is 0.408 e. The summed E-state index contributed by atoms with van der Waals surface area (Å²) in [6.07, 6.45) is 0.398. The number of nitrogens with zero attached hydrogens (tertiary/aromatic N) is 2. The Bertz CT molecular complexity index is 1350. The van der Waals surface area contributed by atoms with Gasteiger partial charge in [-0.15, -0.1) is 0 Å². The molecule has 0 spiro atoms. The summed E-state index contributed by atoms with van der Waals surface area (Å²) in [5.74, 6) is 0.953. The molecule has 1 amide bonds. The largest absolute Gasteiger partial charge is 0.505 e. The predicted molar refractivity (Wildman–Crippen MR) is 123 cm³/mol. The third-order valence-electron chi connectivity index (χ3n) is 5.61. The molecule has 7 nitrogen and oxygen atoms in total. The number of phenols is 1. The number of halogens is 1. The summed E-state index contributed by atoms with van der Waals surface area (Å²) in [6.45, 7) is 0.180. The van der Waals surface area contributed by atoms with Gasteiger partial charge in [0, 0.05) is 23.7 Å². The molecule has 0 radical (unpaired) electrons. The van der Waals surface area contributed by atoms with E-state index < -0.39 is 12.1 Å². The highest BCUT2D eigenvalue weighted by Gasteiger charge is 2.32. The van der Waals surface area contributed by atoms with Crippen molar-refractivity contribution in [2.45, 2.75) is 12.6 Å². The second kappa shape index (κ2) is 8.52. The van der Waals surface area contributed by atoms with Crippen LogP contribution in [0.2, 0.25) is 5.02 Å². The fourth-order valence-electron chi connectivity index (χ4n) is 4.07. The molecule has 1 aliphatic rings. The average molecular weight is 463 g/mol. The summed E-state index contributed by atoms with van der Waals surface area (Å²) < 4.78 is 10.9. The van der Waals surface area contributed by atoms with E-state index in [-0.39, 0.29) is 19.1 Å². The van der Waals surface area contributed by atoms with E-state index in [1.165, 1.54) is 4.90 Å². The number of pyridine rings is 1. The van der Waals surface area contributed by atoms with E-state index in [0.29, 0.717) is 38.6 Å². The number of aromatic hydroxyl groups is 1. The molecule has 0 saturated carbocycles. The molecule has 166 valence electrons. The molecule has 3 aromatic carbocycles. The Hall–Kier alpha value is -3.97. The van der Waals surface area contributed by atoms with E-state index in [0.717, 1.165) is 5.56 Å². The Morgan fingerprint density at radius 2 is 1.85 bits per heavy atom. The van der Waals surface area contributed by atoms with Crippen LogP contribution in [0.15, 0.2) is 72.9 Å². The number of benzene rings is 3. The number of carboxylic acid groups (broad SMARTS) is 1. The van der Waals surface area contributed by atoms with E-state index in [1.54, 1.807) is 42.6 Å². The topological polar surface area (TPSA) is 92.1 Å². The molecule has 1 aliphatic heterocycles. The third-order valence-corrected chi connectivity index (χ3v) is 5.92. The number of amides is 1. The zero-order valence-electron chi connectivity index (χ0n) is 17.3. The van der Waals surface area contributed by atoms with Gasteiger partial charge in [-0.2, -0.15) is 0 Å². The Morgan fingerprint density at radius 1 is 1.06 bits per heavy atom. The number of ether oxygens (including phenoxy) is 2. The van der Waals surface area contributed by atoms with Crippen molar-refractivity contribution in [3.63, 3.8) is 0 Å². The molecule has 0 aliphatic carbocycles. The minimum atomic E-state index is -1.15. The fourth-order valence-corrected chi connectivity index (χ4v) is 4.34. The molecular weight excluding hydrogens is 444 g/mol. The quantitative estimate of drug-likeness (QED) is 0.401. The van der Waals surface area contributed by atoms with E-state index >= 15 is 0 Å². The SMILES string of the molecule is O=C(O)N(Cc1ccccc1)C(c1ccc2c(c1)OCO2)c1cc(Cl)c2cccnc2c1O. The van der Waals surface area contributed by atoms with Crippen molar-refractivity contribution in [3.05, 3.63) is 94.6 Å². The Kier molecular flexibility index (Phi) is 5.40. The lowest BCUT2D eigenvalue weighted by molar-refractivity contribution is 0.128. The van der Waals surface area contributed by atoms with Crippen LogP contribution >= 0.6 is 11.6 Å². The number of aromatic nitrogens is 1. The minimum Gasteiger partial charge on any atom is -0.505 e. The molecule has 2 N–H and O–H groups in total. The van der Waals surface area contributed by atoms with Crippen molar-refractivity contribution in [1.82, 2.24) is 9.88 Å². The van der Waals surface area contributed by atoms with Gasteiger partial charge in [-0.1, -0.05) is 48.0 Å². The second-order valence-electron chi connectivity index (χ2n) is 7.61. The third kappa shape index (κ3) is 3.87. The molecule has 0 bridgehead atoms. The zero-order chi connectivity index (χ0) is 22.9. The van der Waals surface area contributed by atoms with Crippen molar-refractivity contribution in [3.8, 4) is 17.2 Å². The molecule has 4 aromatic rings. The predicted octanol–water partition coefficient (Wildman–Crippen LogP) is 5.59. The van der Waals surface area contributed by atoms with Crippen LogP contribution in [0, 0.1) is 0 Å². The maximum atomic E-state index is 12.5. The first-order chi connectivity index (χ1) is 16.0.